The van der Waals surface area contributed by atoms with Crippen LogP contribution in [0.3, 0.4) is 0 Å². The SMILES string of the molecule is CCOC(=O)c1c(NC(=O)/C(C#N)=C\c2cc([N+](=O)[O-])ccc2Sc2nnc(-c3ccccc3)n2CC)sc(C)c1C. The molecule has 0 bridgehead atoms. The van der Waals surface area contributed by atoms with Crippen LogP contribution < -0.4 is 5.32 Å². The quantitative estimate of drug-likeness (QED) is 0.0711. The third kappa shape index (κ3) is 6.40. The molecule has 0 atom stereocenters. The van der Waals surface area contributed by atoms with Crippen LogP contribution in [0.4, 0.5) is 10.7 Å². The van der Waals surface area contributed by atoms with Crippen molar-refractivity contribution in [1.82, 2.24) is 14.8 Å². The van der Waals surface area contributed by atoms with Crippen LogP contribution in [-0.4, -0.2) is 38.2 Å². The minimum Gasteiger partial charge on any atom is -0.462 e. The number of rotatable bonds is 10. The van der Waals surface area contributed by atoms with Crippen LogP contribution in [0.25, 0.3) is 17.5 Å². The van der Waals surface area contributed by atoms with Gasteiger partial charge in [-0.3, -0.25) is 14.9 Å². The highest BCUT2D eigenvalue weighted by Crippen LogP contribution is 2.36. The van der Waals surface area contributed by atoms with Crippen molar-refractivity contribution in [2.24, 2.45) is 0 Å². The number of amides is 1. The van der Waals surface area contributed by atoms with Gasteiger partial charge in [0.05, 0.1) is 17.1 Å². The fraction of sp³-hybridized carbons (Fsp3) is 0.207. The molecule has 42 heavy (non-hydrogen) atoms. The number of ether oxygens (including phenoxy) is 1. The summed E-state index contributed by atoms with van der Waals surface area (Å²) >= 11 is 2.40. The predicted octanol–water partition coefficient (Wildman–Crippen LogP) is 6.43. The highest BCUT2D eigenvalue weighted by molar-refractivity contribution is 7.99. The topological polar surface area (TPSA) is 153 Å². The molecule has 13 heteroatoms. The Bertz CT molecular complexity index is 1740. The Balaban J connectivity index is 1.72. The average Bonchev–Trinajstić information content (AvgIpc) is 3.51. The van der Waals surface area contributed by atoms with E-state index < -0.39 is 16.8 Å². The van der Waals surface area contributed by atoms with Gasteiger partial charge in [-0.1, -0.05) is 30.3 Å². The summed E-state index contributed by atoms with van der Waals surface area (Å²) in [5, 5.41) is 33.6. The molecule has 1 N–H and O–H groups in total. The first-order valence-corrected chi connectivity index (χ1v) is 14.5. The van der Waals surface area contributed by atoms with Crippen molar-refractivity contribution in [2.45, 2.75) is 44.3 Å². The van der Waals surface area contributed by atoms with Crippen molar-refractivity contribution in [3.8, 4) is 17.5 Å². The number of benzene rings is 2. The number of nitrogens with zero attached hydrogens (tertiary/aromatic N) is 5. The molecule has 11 nitrogen and oxygen atoms in total. The van der Waals surface area contributed by atoms with Crippen molar-refractivity contribution < 1.29 is 19.2 Å². The molecular weight excluding hydrogens is 576 g/mol. The number of hydrogen-bond acceptors (Lipinski definition) is 10. The van der Waals surface area contributed by atoms with E-state index in [2.05, 4.69) is 15.5 Å². The zero-order valence-electron chi connectivity index (χ0n) is 23.2. The number of hydrogen-bond donors (Lipinski definition) is 1. The molecule has 2 aromatic carbocycles. The van der Waals surface area contributed by atoms with Gasteiger partial charge >= 0.3 is 5.97 Å². The minimum atomic E-state index is -0.769. The van der Waals surface area contributed by atoms with E-state index >= 15 is 0 Å². The van der Waals surface area contributed by atoms with Crippen LogP contribution in [0.2, 0.25) is 0 Å². The molecule has 214 valence electrons. The van der Waals surface area contributed by atoms with E-state index in [1.807, 2.05) is 54.8 Å². The maximum atomic E-state index is 13.2. The third-order valence-electron chi connectivity index (χ3n) is 6.23. The normalized spacial score (nSPS) is 11.2. The largest absolute Gasteiger partial charge is 0.462 e. The van der Waals surface area contributed by atoms with Crippen LogP contribution in [0.5, 0.6) is 0 Å². The summed E-state index contributed by atoms with van der Waals surface area (Å²) < 4.78 is 7.05. The van der Waals surface area contributed by atoms with Gasteiger partial charge in [0.2, 0.25) is 0 Å². The number of carbonyl (C=O) groups excluding carboxylic acids is 2. The molecule has 0 unspecified atom stereocenters. The lowest BCUT2D eigenvalue weighted by atomic mass is 10.1. The molecule has 0 aliphatic rings. The molecule has 0 saturated carbocycles. The fourth-order valence-electron chi connectivity index (χ4n) is 4.04. The number of esters is 1. The maximum Gasteiger partial charge on any atom is 0.341 e. The van der Waals surface area contributed by atoms with E-state index in [9.17, 15) is 25.0 Å². The molecule has 0 fully saturated rings. The van der Waals surface area contributed by atoms with Crippen molar-refractivity contribution in [3.05, 3.63) is 85.8 Å². The molecule has 0 radical (unpaired) electrons. The number of nitriles is 1. The number of nitrogens with one attached hydrogen (secondary N) is 1. The second-order valence-corrected chi connectivity index (χ2v) is 11.1. The van der Waals surface area contributed by atoms with Gasteiger partial charge in [0.25, 0.3) is 11.6 Å². The van der Waals surface area contributed by atoms with E-state index in [-0.39, 0.29) is 34.0 Å². The number of aromatic nitrogens is 3. The van der Waals surface area contributed by atoms with Crippen molar-refractivity contribution >= 4 is 51.7 Å². The number of non-ortho nitro benzene ring substituents is 1. The van der Waals surface area contributed by atoms with Gasteiger partial charge in [-0.2, -0.15) is 5.26 Å². The van der Waals surface area contributed by atoms with Crippen LogP contribution >= 0.6 is 23.1 Å². The van der Waals surface area contributed by atoms with E-state index in [4.69, 9.17) is 4.74 Å². The molecule has 2 aromatic heterocycles. The molecule has 1 amide bonds. The van der Waals surface area contributed by atoms with E-state index in [0.29, 0.717) is 28.0 Å². The Hall–Kier alpha value is -4.80. The number of anilines is 1. The van der Waals surface area contributed by atoms with Crippen LogP contribution in [0, 0.1) is 35.3 Å². The van der Waals surface area contributed by atoms with Crippen molar-refractivity contribution in [3.63, 3.8) is 0 Å². The summed E-state index contributed by atoms with van der Waals surface area (Å²) in [5.74, 6) is -0.685. The van der Waals surface area contributed by atoms with E-state index in [0.717, 1.165) is 10.4 Å². The fourth-order valence-corrected chi connectivity index (χ4v) is 6.06. The highest BCUT2D eigenvalue weighted by atomic mass is 32.2. The summed E-state index contributed by atoms with van der Waals surface area (Å²) in [6.45, 7) is 7.92. The molecule has 0 spiro atoms. The molecule has 4 aromatic rings. The Morgan fingerprint density at radius 1 is 1.19 bits per heavy atom. The number of aryl methyl sites for hydroxylation is 1. The minimum absolute atomic E-state index is 0.162. The number of thiophene rings is 1. The van der Waals surface area contributed by atoms with Crippen LogP contribution in [0.1, 0.15) is 40.2 Å². The Morgan fingerprint density at radius 2 is 1.93 bits per heavy atom. The molecular formula is C29H26N6O5S2. The van der Waals surface area contributed by atoms with Gasteiger partial charge in [0.15, 0.2) is 11.0 Å². The standard InChI is InChI=1S/C29H26N6O5S2/c1-5-34-25(19-10-8-7-9-11-19)32-33-29(34)42-23-13-12-22(35(38)39)15-20(23)14-21(16-30)26(36)31-27-24(28(37)40-6-2)17(3)18(4)41-27/h7-15H,5-6H2,1-4H3,(H,31,36)/b21-14-. The lowest BCUT2D eigenvalue weighted by Crippen LogP contribution is -2.16. The van der Waals surface area contributed by atoms with Gasteiger partial charge in [-0.05, 0) is 62.7 Å². The number of carbonyl (C=O) groups is 2. The second kappa shape index (κ2) is 13.2. The Labute approximate surface area is 250 Å². The first-order valence-electron chi connectivity index (χ1n) is 12.8. The summed E-state index contributed by atoms with van der Waals surface area (Å²) in [7, 11) is 0. The first kappa shape index (κ1) is 30.2. The Morgan fingerprint density at radius 3 is 2.57 bits per heavy atom. The number of nitro benzene ring substituents is 1. The molecule has 0 saturated heterocycles. The highest BCUT2D eigenvalue weighted by Gasteiger charge is 2.24. The monoisotopic (exact) mass is 602 g/mol. The predicted molar refractivity (Wildman–Crippen MR) is 160 cm³/mol. The summed E-state index contributed by atoms with van der Waals surface area (Å²) in [4.78, 5) is 38.1. The van der Waals surface area contributed by atoms with Gasteiger partial charge in [0.1, 0.15) is 16.6 Å². The molecule has 2 heterocycles. The van der Waals surface area contributed by atoms with E-state index in [1.165, 1.54) is 41.3 Å². The summed E-state index contributed by atoms with van der Waals surface area (Å²) in [5.41, 5.74) is 1.54. The summed E-state index contributed by atoms with van der Waals surface area (Å²) in [6, 6.07) is 15.6. The first-order chi connectivity index (χ1) is 20.2. The lowest BCUT2D eigenvalue weighted by Gasteiger charge is -2.10. The van der Waals surface area contributed by atoms with E-state index in [1.54, 1.807) is 19.9 Å². The maximum absolute atomic E-state index is 13.2. The average molecular weight is 603 g/mol. The third-order valence-corrected chi connectivity index (χ3v) is 8.43. The van der Waals surface area contributed by atoms with Gasteiger partial charge in [-0.15, -0.1) is 21.5 Å². The zero-order chi connectivity index (χ0) is 30.4. The lowest BCUT2D eigenvalue weighted by molar-refractivity contribution is -0.384. The molecule has 4 rings (SSSR count). The summed E-state index contributed by atoms with van der Waals surface area (Å²) in [6.07, 6.45) is 1.28. The molecule has 0 aliphatic heterocycles. The zero-order valence-corrected chi connectivity index (χ0v) is 24.8. The van der Waals surface area contributed by atoms with Gasteiger partial charge in [0, 0.05) is 34.0 Å². The van der Waals surface area contributed by atoms with Gasteiger partial charge in [-0.25, -0.2) is 4.79 Å². The van der Waals surface area contributed by atoms with Crippen molar-refractivity contribution in [2.75, 3.05) is 11.9 Å². The Kier molecular flexibility index (Phi) is 9.51. The smallest absolute Gasteiger partial charge is 0.341 e. The van der Waals surface area contributed by atoms with Gasteiger partial charge < -0.3 is 14.6 Å². The van der Waals surface area contributed by atoms with Crippen molar-refractivity contribution in [1.29, 1.82) is 5.26 Å². The van der Waals surface area contributed by atoms with Crippen LogP contribution in [0.15, 0.2) is 64.2 Å². The van der Waals surface area contributed by atoms with Crippen LogP contribution in [-0.2, 0) is 16.1 Å². The number of nitro groups is 1. The molecule has 0 aliphatic carbocycles. The second-order valence-electron chi connectivity index (χ2n) is 8.83.